The van der Waals surface area contributed by atoms with Gasteiger partial charge in [0.05, 0.1) is 0 Å². The van der Waals surface area contributed by atoms with Gasteiger partial charge in [-0.1, -0.05) is 189 Å². The zero-order valence-corrected chi connectivity index (χ0v) is 29.5. The molecule has 0 fully saturated rings. The van der Waals surface area contributed by atoms with Crippen LogP contribution in [-0.2, 0) is 4.79 Å². The van der Waals surface area contributed by atoms with E-state index in [4.69, 9.17) is 15.0 Å². The fourth-order valence-electron chi connectivity index (χ4n) is 5.13. The normalized spacial score (nSPS) is 10.2. The van der Waals surface area contributed by atoms with Crippen LogP contribution in [-0.4, -0.2) is 47.8 Å². The molecule has 2 N–H and O–H groups in total. The molecule has 0 rings (SSSR count). The average Bonchev–Trinajstić information content (AvgIpc) is 2.98. The molecule has 0 aliphatic rings. The van der Waals surface area contributed by atoms with E-state index in [1.54, 1.807) is 6.92 Å². The van der Waals surface area contributed by atoms with Gasteiger partial charge in [-0.15, -0.1) is 0 Å². The smallest absolute Gasteiger partial charge is 0.290 e. The Morgan fingerprint density at radius 3 is 0.780 bits per heavy atom. The van der Waals surface area contributed by atoms with Gasteiger partial charge >= 0.3 is 0 Å². The van der Waals surface area contributed by atoms with Crippen molar-refractivity contribution >= 4 is 6.47 Å². The quantitative estimate of drug-likeness (QED) is 0.0675. The van der Waals surface area contributed by atoms with Crippen molar-refractivity contribution in [1.29, 1.82) is 0 Å². The molecular formula is C37H81NO3. The first-order valence-electron chi connectivity index (χ1n) is 18.6. The highest BCUT2D eigenvalue weighted by molar-refractivity contribution is 5.32. The summed E-state index contributed by atoms with van der Waals surface area (Å²) in [4.78, 5) is 11.1. The first kappa shape index (κ1) is 47.3. The van der Waals surface area contributed by atoms with Crippen LogP contribution in [0, 0.1) is 0 Å². The minimum absolute atomic E-state index is 0.250. The predicted octanol–water partition coefficient (Wildman–Crippen LogP) is 12.2. The van der Waals surface area contributed by atoms with Crippen molar-refractivity contribution in [3.8, 4) is 0 Å². The summed E-state index contributed by atoms with van der Waals surface area (Å²) in [6.45, 7) is 16.6. The minimum Gasteiger partial charge on any atom is -0.483 e. The summed E-state index contributed by atoms with van der Waals surface area (Å²) >= 11 is 0. The number of aliphatic hydroxyl groups excluding tert-OH is 1. The zero-order chi connectivity index (χ0) is 31.5. The van der Waals surface area contributed by atoms with Crippen molar-refractivity contribution in [1.82, 2.24) is 4.90 Å². The Morgan fingerprint density at radius 1 is 0.439 bits per heavy atom. The van der Waals surface area contributed by atoms with E-state index in [1.807, 2.05) is 13.8 Å². The summed E-state index contributed by atoms with van der Waals surface area (Å²) in [5, 5.41) is 14.5. The SMILES string of the molecule is CC.CCCCCCCCCCCCCCCN(CC)CCCCCCCCCCCCCCC.CCO.O=CO. The predicted molar refractivity (Wildman–Crippen MR) is 186 cm³/mol. The van der Waals surface area contributed by atoms with Gasteiger partial charge in [-0.25, -0.2) is 0 Å². The molecule has 0 aromatic heterocycles. The molecule has 0 aromatic carbocycles. The van der Waals surface area contributed by atoms with E-state index in [2.05, 4.69) is 25.7 Å². The van der Waals surface area contributed by atoms with Crippen molar-refractivity contribution in [2.75, 3.05) is 26.2 Å². The second-order valence-corrected chi connectivity index (χ2v) is 11.3. The summed E-state index contributed by atoms with van der Waals surface area (Å²) in [5.74, 6) is 0. The topological polar surface area (TPSA) is 60.8 Å². The molecule has 4 heteroatoms. The van der Waals surface area contributed by atoms with E-state index in [0.717, 1.165) is 0 Å². The summed E-state index contributed by atoms with van der Waals surface area (Å²) in [7, 11) is 0. The van der Waals surface area contributed by atoms with Crippen LogP contribution in [0.2, 0.25) is 0 Å². The number of hydrogen-bond donors (Lipinski definition) is 2. The van der Waals surface area contributed by atoms with Crippen LogP contribution >= 0.6 is 0 Å². The van der Waals surface area contributed by atoms with E-state index < -0.39 is 0 Å². The van der Waals surface area contributed by atoms with Crippen molar-refractivity contribution in [3.05, 3.63) is 0 Å². The van der Waals surface area contributed by atoms with Gasteiger partial charge in [0.25, 0.3) is 6.47 Å². The van der Waals surface area contributed by atoms with Crippen LogP contribution in [0.1, 0.15) is 208 Å². The third-order valence-electron chi connectivity index (χ3n) is 7.60. The number of nitrogens with zero attached hydrogens (tertiary/aromatic N) is 1. The molecule has 0 aliphatic carbocycles. The largest absolute Gasteiger partial charge is 0.483 e. The maximum atomic E-state index is 8.36. The van der Waals surface area contributed by atoms with Crippen molar-refractivity contribution in [3.63, 3.8) is 0 Å². The lowest BCUT2D eigenvalue weighted by Crippen LogP contribution is -2.25. The number of aliphatic hydroxyl groups is 1. The molecule has 0 aliphatic heterocycles. The second kappa shape index (κ2) is 52.1. The number of carbonyl (C=O) groups is 1. The molecule has 0 radical (unpaired) electrons. The van der Waals surface area contributed by atoms with Gasteiger partial charge in [0, 0.05) is 6.61 Å². The van der Waals surface area contributed by atoms with E-state index in [9.17, 15) is 0 Å². The van der Waals surface area contributed by atoms with Crippen LogP contribution in [0.5, 0.6) is 0 Å². The van der Waals surface area contributed by atoms with E-state index in [0.29, 0.717) is 0 Å². The van der Waals surface area contributed by atoms with Gasteiger partial charge in [-0.3, -0.25) is 4.79 Å². The van der Waals surface area contributed by atoms with Gasteiger partial charge in [-0.2, -0.15) is 0 Å². The average molecular weight is 588 g/mol. The van der Waals surface area contributed by atoms with Crippen LogP contribution in [0.3, 0.4) is 0 Å². The molecule has 0 saturated heterocycles. The fraction of sp³-hybridized carbons (Fsp3) is 0.973. The lowest BCUT2D eigenvalue weighted by molar-refractivity contribution is -0.122. The minimum atomic E-state index is -0.250. The lowest BCUT2D eigenvalue weighted by Gasteiger charge is -2.20. The van der Waals surface area contributed by atoms with Crippen LogP contribution in [0.25, 0.3) is 0 Å². The molecule has 0 spiro atoms. The van der Waals surface area contributed by atoms with Crippen molar-refractivity contribution in [2.24, 2.45) is 0 Å². The molecule has 41 heavy (non-hydrogen) atoms. The Labute approximate surface area is 260 Å². The standard InChI is InChI=1S/C32H67N.C2H6O.C2H6.CH2O2/c1-4-7-9-11-13-15-17-19-21-23-25-27-29-31-33(6-3)32-30-28-26-24-22-20-18-16-14-12-10-8-5-2;1-2-3;1-2;2-1-3/h4-32H2,1-3H3;3H,2H2,1H3;1-2H3;1H,(H,2,3). The Balaban J connectivity index is -0.000000764. The van der Waals surface area contributed by atoms with Crippen LogP contribution in [0.15, 0.2) is 0 Å². The number of rotatable bonds is 29. The molecule has 0 unspecified atom stereocenters. The highest BCUT2D eigenvalue weighted by Gasteiger charge is 2.02. The Kier molecular flexibility index (Phi) is 60.1. The second-order valence-electron chi connectivity index (χ2n) is 11.3. The van der Waals surface area contributed by atoms with Gasteiger partial charge in [-0.05, 0) is 39.4 Å². The van der Waals surface area contributed by atoms with Gasteiger partial charge in [0.1, 0.15) is 0 Å². The maximum Gasteiger partial charge on any atom is 0.290 e. The Bertz CT molecular complexity index is 362. The van der Waals surface area contributed by atoms with Gasteiger partial charge in [0.2, 0.25) is 0 Å². The highest BCUT2D eigenvalue weighted by atomic mass is 16.3. The summed E-state index contributed by atoms with van der Waals surface area (Å²) in [6, 6.07) is 0. The molecule has 4 nitrogen and oxygen atoms in total. The van der Waals surface area contributed by atoms with Gasteiger partial charge < -0.3 is 15.1 Å². The summed E-state index contributed by atoms with van der Waals surface area (Å²) in [6.07, 6.45) is 37.9. The molecule has 0 bridgehead atoms. The molecule has 252 valence electrons. The third-order valence-corrected chi connectivity index (χ3v) is 7.60. The molecule has 0 atom stereocenters. The first-order valence-corrected chi connectivity index (χ1v) is 18.6. The van der Waals surface area contributed by atoms with Crippen LogP contribution in [0.4, 0.5) is 0 Å². The Morgan fingerprint density at radius 2 is 0.610 bits per heavy atom. The molecule has 0 saturated carbocycles. The molecular weight excluding hydrogens is 506 g/mol. The number of unbranched alkanes of at least 4 members (excludes halogenated alkanes) is 24. The number of hydrogen-bond acceptors (Lipinski definition) is 3. The van der Waals surface area contributed by atoms with Crippen LogP contribution < -0.4 is 0 Å². The van der Waals surface area contributed by atoms with Gasteiger partial charge in [0.15, 0.2) is 0 Å². The zero-order valence-electron chi connectivity index (χ0n) is 29.5. The highest BCUT2D eigenvalue weighted by Crippen LogP contribution is 2.14. The number of carboxylic acid groups (broad SMARTS) is 1. The summed E-state index contributed by atoms with van der Waals surface area (Å²) < 4.78 is 0. The third kappa shape index (κ3) is 55.9. The molecule has 0 amide bonds. The first-order chi connectivity index (χ1) is 20.2. The molecule has 0 aromatic rings. The van der Waals surface area contributed by atoms with E-state index in [1.165, 1.54) is 187 Å². The monoisotopic (exact) mass is 588 g/mol. The fourth-order valence-corrected chi connectivity index (χ4v) is 5.13. The van der Waals surface area contributed by atoms with E-state index >= 15 is 0 Å². The van der Waals surface area contributed by atoms with Crippen molar-refractivity contribution < 1.29 is 15.0 Å². The Hall–Kier alpha value is -0.610. The summed E-state index contributed by atoms with van der Waals surface area (Å²) in [5.41, 5.74) is 0. The maximum absolute atomic E-state index is 8.36. The van der Waals surface area contributed by atoms with E-state index in [-0.39, 0.29) is 13.1 Å². The van der Waals surface area contributed by atoms with Crippen molar-refractivity contribution in [2.45, 2.75) is 208 Å². The molecule has 0 heterocycles. The lowest BCUT2D eigenvalue weighted by atomic mass is 10.0.